The van der Waals surface area contributed by atoms with Gasteiger partial charge >= 0.3 is 0 Å². The fraction of sp³-hybridized carbons (Fsp3) is 0.595. The monoisotopic (exact) mass is 546 g/mol. The molecule has 1 aliphatic rings. The smallest absolute Gasteiger partial charge is 0.163 e. The molecule has 0 aromatic heterocycles. The number of Topliss-reactive ketones (excluding diaryl/α,β-unsaturated/α-hetero) is 3. The van der Waals surface area contributed by atoms with Crippen molar-refractivity contribution in [2.45, 2.75) is 126 Å². The van der Waals surface area contributed by atoms with Crippen molar-refractivity contribution < 1.29 is 14.4 Å². The fourth-order valence-electron chi connectivity index (χ4n) is 6.53. The van der Waals surface area contributed by atoms with Crippen LogP contribution in [0.1, 0.15) is 139 Å². The largest absolute Gasteiger partial charge is 0.300 e. The third kappa shape index (κ3) is 8.48. The summed E-state index contributed by atoms with van der Waals surface area (Å²) < 4.78 is 0. The Hall–Kier alpha value is -2.55. The molecule has 0 bridgehead atoms. The zero-order chi connectivity index (χ0) is 30.0. The van der Waals surface area contributed by atoms with Crippen LogP contribution in [0.15, 0.2) is 30.3 Å². The van der Waals surface area contributed by atoms with E-state index in [0.29, 0.717) is 12.3 Å². The van der Waals surface area contributed by atoms with Gasteiger partial charge in [0.2, 0.25) is 0 Å². The number of hydrogen-bond acceptors (Lipinski definition) is 3. The van der Waals surface area contributed by atoms with Crippen molar-refractivity contribution in [2.75, 3.05) is 0 Å². The first-order valence-electron chi connectivity index (χ1n) is 15.8. The van der Waals surface area contributed by atoms with Gasteiger partial charge in [0, 0.05) is 17.9 Å². The van der Waals surface area contributed by atoms with Gasteiger partial charge in [-0.3, -0.25) is 14.4 Å². The second kappa shape index (κ2) is 16.0. The molecule has 3 atom stereocenters. The van der Waals surface area contributed by atoms with E-state index in [1.165, 1.54) is 41.2 Å². The normalized spacial score (nSPS) is 16.1. The van der Waals surface area contributed by atoms with Gasteiger partial charge in [0.05, 0.1) is 6.42 Å². The van der Waals surface area contributed by atoms with Crippen molar-refractivity contribution in [1.82, 2.24) is 0 Å². The van der Waals surface area contributed by atoms with Gasteiger partial charge in [-0.1, -0.05) is 98.1 Å². The van der Waals surface area contributed by atoms with Crippen molar-refractivity contribution in [3.63, 3.8) is 0 Å². The Morgan fingerprint density at radius 2 is 1.60 bits per heavy atom. The highest BCUT2D eigenvalue weighted by Gasteiger charge is 2.34. The number of hydrogen-bond donors (Lipinski definition) is 0. The van der Waals surface area contributed by atoms with E-state index in [4.69, 9.17) is 0 Å². The van der Waals surface area contributed by atoms with Crippen LogP contribution in [0.5, 0.6) is 0 Å². The zero-order valence-corrected chi connectivity index (χ0v) is 26.8. The predicted molar refractivity (Wildman–Crippen MR) is 169 cm³/mol. The summed E-state index contributed by atoms with van der Waals surface area (Å²) in [7, 11) is 0. The molecule has 0 amide bonds. The van der Waals surface area contributed by atoms with Gasteiger partial charge in [-0.15, -0.1) is 0 Å². The lowest BCUT2D eigenvalue weighted by molar-refractivity contribution is -0.129. The van der Waals surface area contributed by atoms with E-state index < -0.39 is 0 Å². The van der Waals surface area contributed by atoms with Gasteiger partial charge in [-0.25, -0.2) is 0 Å². The molecule has 3 rings (SSSR count). The Labute approximate surface area is 244 Å². The quantitative estimate of drug-likeness (QED) is 0.249. The van der Waals surface area contributed by atoms with Crippen LogP contribution in [-0.4, -0.2) is 17.3 Å². The Balaban J connectivity index is 0.00000178. The zero-order valence-electron chi connectivity index (χ0n) is 26.8. The van der Waals surface area contributed by atoms with Crippen molar-refractivity contribution in [3.8, 4) is 11.1 Å². The van der Waals surface area contributed by atoms with Crippen LogP contribution in [0.3, 0.4) is 0 Å². The Kier molecular flexibility index (Phi) is 13.5. The van der Waals surface area contributed by atoms with Crippen LogP contribution in [0.4, 0.5) is 0 Å². The molecule has 0 radical (unpaired) electrons. The molecular weight excluding hydrogens is 492 g/mol. The standard InChI is InChI=1S/C34H46O3.C3H8/c1-8-11-28(29(10-3)32(36)16-22(6)35)17-24-18-31-30(27-14-12-26(13-15-27)21(4)5)20-25(9-2)23(7)34(31)33(37)19-24;1-3-2/h12-15,20-21,24,28-29H,8-11,16-19H2,1-7H3;3H2,1-2H3. The summed E-state index contributed by atoms with van der Waals surface area (Å²) in [5, 5.41) is 0. The molecule has 220 valence electrons. The number of rotatable bonds is 12. The number of aryl methyl sites for hydroxylation is 1. The van der Waals surface area contributed by atoms with Crippen LogP contribution in [0, 0.1) is 24.7 Å². The average molecular weight is 547 g/mol. The number of benzene rings is 2. The first kappa shape index (κ1) is 33.7. The lowest BCUT2D eigenvalue weighted by Crippen LogP contribution is -2.30. The average Bonchev–Trinajstić information content (AvgIpc) is 2.89. The van der Waals surface area contributed by atoms with Crippen LogP contribution >= 0.6 is 0 Å². The molecule has 3 nitrogen and oxygen atoms in total. The summed E-state index contributed by atoms with van der Waals surface area (Å²) in [6.07, 6.45) is 7.16. The minimum absolute atomic E-state index is 0.0284. The summed E-state index contributed by atoms with van der Waals surface area (Å²) in [4.78, 5) is 38.3. The molecule has 2 aromatic rings. The Morgan fingerprint density at radius 3 is 2.10 bits per heavy atom. The summed E-state index contributed by atoms with van der Waals surface area (Å²) in [6, 6.07) is 11.2. The Bertz CT molecular complexity index is 1140. The third-order valence-corrected chi connectivity index (χ3v) is 8.46. The van der Waals surface area contributed by atoms with Crippen molar-refractivity contribution >= 4 is 17.3 Å². The maximum atomic E-state index is 13.7. The first-order chi connectivity index (χ1) is 19.0. The highest BCUT2D eigenvalue weighted by atomic mass is 16.1. The molecule has 1 aliphatic carbocycles. The fourth-order valence-corrected chi connectivity index (χ4v) is 6.53. The summed E-state index contributed by atoms with van der Waals surface area (Å²) >= 11 is 0. The highest BCUT2D eigenvalue weighted by Crippen LogP contribution is 2.41. The molecule has 2 aromatic carbocycles. The minimum atomic E-state index is -0.104. The molecule has 0 N–H and O–H groups in total. The first-order valence-corrected chi connectivity index (χ1v) is 15.8. The SMILES string of the molecule is CCC.CCCC(CC1CC(=O)c2c(C)c(CC)cc(-c3ccc(C(C)C)cc3)c2C1)C(CC)C(=O)CC(C)=O. The molecule has 0 saturated carbocycles. The van der Waals surface area contributed by atoms with Crippen molar-refractivity contribution in [2.24, 2.45) is 17.8 Å². The summed E-state index contributed by atoms with van der Waals surface area (Å²) in [5.74, 6) is 1.07. The molecule has 0 spiro atoms. The molecular formula is C37H54O3. The number of carbonyl (C=O) groups is 3. The maximum Gasteiger partial charge on any atom is 0.163 e. The van der Waals surface area contributed by atoms with Crippen LogP contribution < -0.4 is 0 Å². The van der Waals surface area contributed by atoms with E-state index in [1.807, 2.05) is 0 Å². The van der Waals surface area contributed by atoms with Gasteiger partial charge < -0.3 is 0 Å². The van der Waals surface area contributed by atoms with E-state index in [-0.39, 0.29) is 41.5 Å². The molecule has 0 fully saturated rings. The van der Waals surface area contributed by atoms with E-state index in [0.717, 1.165) is 49.7 Å². The van der Waals surface area contributed by atoms with Crippen LogP contribution in [-0.2, 0) is 22.4 Å². The molecule has 0 heterocycles. The highest BCUT2D eigenvalue weighted by molar-refractivity contribution is 6.02. The van der Waals surface area contributed by atoms with Gasteiger partial charge in [0.1, 0.15) is 11.6 Å². The molecule has 40 heavy (non-hydrogen) atoms. The minimum Gasteiger partial charge on any atom is -0.300 e. The summed E-state index contributed by atoms with van der Waals surface area (Å²) in [5.41, 5.74) is 8.19. The predicted octanol–water partition coefficient (Wildman–Crippen LogP) is 9.89. The van der Waals surface area contributed by atoms with Crippen LogP contribution in [0.25, 0.3) is 11.1 Å². The number of ketones is 3. The molecule has 3 heteroatoms. The molecule has 0 aliphatic heterocycles. The number of carbonyl (C=O) groups excluding carboxylic acids is 3. The van der Waals surface area contributed by atoms with Crippen LogP contribution in [0.2, 0.25) is 0 Å². The van der Waals surface area contributed by atoms with E-state index in [1.54, 1.807) is 0 Å². The van der Waals surface area contributed by atoms with E-state index >= 15 is 0 Å². The van der Waals surface area contributed by atoms with Gasteiger partial charge in [0.25, 0.3) is 0 Å². The second-order valence-corrected chi connectivity index (χ2v) is 12.2. The van der Waals surface area contributed by atoms with Crippen molar-refractivity contribution in [1.29, 1.82) is 0 Å². The van der Waals surface area contributed by atoms with Crippen molar-refractivity contribution in [3.05, 3.63) is 58.1 Å². The van der Waals surface area contributed by atoms with Gasteiger partial charge in [-0.2, -0.15) is 0 Å². The molecule has 0 saturated heterocycles. The van der Waals surface area contributed by atoms with Gasteiger partial charge in [0.15, 0.2) is 5.78 Å². The topological polar surface area (TPSA) is 51.2 Å². The second-order valence-electron chi connectivity index (χ2n) is 12.2. The summed E-state index contributed by atoms with van der Waals surface area (Å²) in [6.45, 7) is 18.6. The van der Waals surface area contributed by atoms with E-state index in [2.05, 4.69) is 85.7 Å². The number of fused-ring (bicyclic) bond motifs is 1. The third-order valence-electron chi connectivity index (χ3n) is 8.46. The molecule has 3 unspecified atom stereocenters. The Morgan fingerprint density at radius 1 is 0.975 bits per heavy atom. The lowest BCUT2D eigenvalue weighted by atomic mass is 9.70. The van der Waals surface area contributed by atoms with Gasteiger partial charge in [-0.05, 0) is 90.7 Å². The van der Waals surface area contributed by atoms with E-state index in [9.17, 15) is 14.4 Å². The lowest BCUT2D eigenvalue weighted by Gasteiger charge is -2.33. The maximum absolute atomic E-state index is 13.7.